The molecule has 0 radical (unpaired) electrons. The number of nitrogens with one attached hydrogen (secondary N) is 2. The summed E-state index contributed by atoms with van der Waals surface area (Å²) in [5, 5.41) is 4.33. The molecule has 0 aliphatic carbocycles. The van der Waals surface area contributed by atoms with Crippen LogP contribution in [0, 0.1) is 0 Å². The van der Waals surface area contributed by atoms with E-state index in [0.29, 0.717) is 30.2 Å². The summed E-state index contributed by atoms with van der Waals surface area (Å²) in [7, 11) is 0. The second-order valence-electron chi connectivity index (χ2n) is 5.99. The molecule has 0 fully saturated rings. The second kappa shape index (κ2) is 7.25. The molecule has 3 heterocycles. The van der Waals surface area contributed by atoms with E-state index >= 15 is 0 Å². The SMILES string of the molecule is C=CCN(CC=C)c1nc(Nc2ccc3ncccc3c2)nc2[nH]cnc12. The quantitative estimate of drug-likeness (QED) is 0.489. The zero-order chi connectivity index (χ0) is 18.6. The lowest BCUT2D eigenvalue weighted by atomic mass is 10.2. The molecule has 4 aromatic rings. The molecule has 0 bridgehead atoms. The molecule has 0 saturated heterocycles. The van der Waals surface area contributed by atoms with E-state index in [1.807, 2.05) is 47.4 Å². The van der Waals surface area contributed by atoms with Crippen molar-refractivity contribution in [1.29, 1.82) is 0 Å². The van der Waals surface area contributed by atoms with Crippen molar-refractivity contribution in [3.63, 3.8) is 0 Å². The van der Waals surface area contributed by atoms with Gasteiger partial charge in [-0.25, -0.2) is 4.98 Å². The molecule has 0 aliphatic heterocycles. The zero-order valence-electron chi connectivity index (χ0n) is 14.8. The van der Waals surface area contributed by atoms with Gasteiger partial charge in [0.1, 0.15) is 0 Å². The van der Waals surface area contributed by atoms with Gasteiger partial charge in [-0.3, -0.25) is 4.98 Å². The number of benzene rings is 1. The van der Waals surface area contributed by atoms with Crippen LogP contribution in [0.4, 0.5) is 17.5 Å². The van der Waals surface area contributed by atoms with Gasteiger partial charge in [0.05, 0.1) is 11.8 Å². The smallest absolute Gasteiger partial charge is 0.231 e. The molecular weight excluding hydrogens is 338 g/mol. The predicted octanol–water partition coefficient (Wildman–Crippen LogP) is 3.82. The third-order valence-electron chi connectivity index (χ3n) is 4.12. The number of fused-ring (bicyclic) bond motifs is 2. The van der Waals surface area contributed by atoms with E-state index in [1.165, 1.54) is 0 Å². The Morgan fingerprint density at radius 1 is 1.07 bits per heavy atom. The molecule has 0 unspecified atom stereocenters. The van der Waals surface area contributed by atoms with Gasteiger partial charge in [0.25, 0.3) is 0 Å². The van der Waals surface area contributed by atoms with E-state index in [9.17, 15) is 0 Å². The number of imidazole rings is 1. The zero-order valence-corrected chi connectivity index (χ0v) is 14.8. The van der Waals surface area contributed by atoms with Crippen LogP contribution in [0.1, 0.15) is 0 Å². The lowest BCUT2D eigenvalue weighted by molar-refractivity contribution is 0.928. The maximum Gasteiger partial charge on any atom is 0.231 e. The Morgan fingerprint density at radius 3 is 2.74 bits per heavy atom. The average molecular weight is 357 g/mol. The number of anilines is 3. The third-order valence-corrected chi connectivity index (χ3v) is 4.12. The molecule has 3 aromatic heterocycles. The first-order chi connectivity index (χ1) is 13.3. The average Bonchev–Trinajstić information content (AvgIpc) is 3.16. The number of hydrogen-bond acceptors (Lipinski definition) is 6. The van der Waals surface area contributed by atoms with Crippen molar-refractivity contribution >= 4 is 39.5 Å². The molecule has 134 valence electrons. The predicted molar refractivity (Wildman–Crippen MR) is 109 cm³/mol. The molecule has 7 nitrogen and oxygen atoms in total. The van der Waals surface area contributed by atoms with Gasteiger partial charge in [0.2, 0.25) is 5.95 Å². The Labute approximate surface area is 156 Å². The molecule has 0 atom stereocenters. The number of pyridine rings is 1. The van der Waals surface area contributed by atoms with Gasteiger partial charge in [-0.15, -0.1) is 13.2 Å². The van der Waals surface area contributed by atoms with Crippen LogP contribution in [0.25, 0.3) is 22.1 Å². The van der Waals surface area contributed by atoms with Crippen molar-refractivity contribution in [3.05, 3.63) is 68.2 Å². The summed E-state index contributed by atoms with van der Waals surface area (Å²) in [5.74, 6) is 1.22. The normalized spacial score (nSPS) is 10.8. The largest absolute Gasteiger partial charge is 0.347 e. The van der Waals surface area contributed by atoms with Gasteiger partial charge in [-0.2, -0.15) is 9.97 Å². The molecule has 4 rings (SSSR count). The highest BCUT2D eigenvalue weighted by molar-refractivity contribution is 5.86. The van der Waals surface area contributed by atoms with Crippen molar-refractivity contribution in [1.82, 2.24) is 24.9 Å². The van der Waals surface area contributed by atoms with E-state index in [-0.39, 0.29) is 0 Å². The lowest BCUT2D eigenvalue weighted by Crippen LogP contribution is -2.25. The number of hydrogen-bond donors (Lipinski definition) is 2. The fraction of sp³-hybridized carbons (Fsp3) is 0.100. The third kappa shape index (κ3) is 3.35. The minimum atomic E-state index is 0.489. The second-order valence-corrected chi connectivity index (χ2v) is 5.99. The first-order valence-electron chi connectivity index (χ1n) is 8.58. The number of rotatable bonds is 7. The summed E-state index contributed by atoms with van der Waals surface area (Å²) in [6.07, 6.45) is 7.06. The Bertz CT molecular complexity index is 1110. The van der Waals surface area contributed by atoms with E-state index in [4.69, 9.17) is 4.98 Å². The molecule has 7 heteroatoms. The van der Waals surface area contributed by atoms with Gasteiger partial charge >= 0.3 is 0 Å². The first-order valence-corrected chi connectivity index (χ1v) is 8.58. The van der Waals surface area contributed by atoms with Crippen LogP contribution >= 0.6 is 0 Å². The number of aromatic nitrogens is 5. The first kappa shape index (κ1) is 16.7. The number of H-pyrrole nitrogens is 1. The summed E-state index contributed by atoms with van der Waals surface area (Å²) in [6, 6.07) is 9.89. The maximum absolute atomic E-state index is 4.70. The maximum atomic E-state index is 4.70. The van der Waals surface area contributed by atoms with E-state index in [2.05, 4.69) is 38.4 Å². The van der Waals surface area contributed by atoms with E-state index < -0.39 is 0 Å². The molecular formula is C20H19N7. The Morgan fingerprint density at radius 2 is 1.93 bits per heavy atom. The highest BCUT2D eigenvalue weighted by Gasteiger charge is 2.15. The molecule has 2 N–H and O–H groups in total. The summed E-state index contributed by atoms with van der Waals surface area (Å²) < 4.78 is 0. The van der Waals surface area contributed by atoms with Crippen molar-refractivity contribution < 1.29 is 0 Å². The van der Waals surface area contributed by atoms with Gasteiger partial charge < -0.3 is 15.2 Å². The number of nitrogens with zero attached hydrogens (tertiary/aromatic N) is 5. The lowest BCUT2D eigenvalue weighted by Gasteiger charge is -2.21. The highest BCUT2D eigenvalue weighted by Crippen LogP contribution is 2.25. The van der Waals surface area contributed by atoms with Gasteiger partial charge in [0.15, 0.2) is 17.0 Å². The number of aromatic amines is 1. The summed E-state index contributed by atoms with van der Waals surface area (Å²) >= 11 is 0. The van der Waals surface area contributed by atoms with Crippen LogP contribution < -0.4 is 10.2 Å². The topological polar surface area (TPSA) is 82.6 Å². The fourth-order valence-electron chi connectivity index (χ4n) is 2.94. The monoisotopic (exact) mass is 357 g/mol. The minimum absolute atomic E-state index is 0.489. The van der Waals surface area contributed by atoms with Crippen LogP contribution in [0.15, 0.2) is 68.2 Å². The summed E-state index contributed by atoms with van der Waals surface area (Å²) in [4.78, 5) is 23.1. The van der Waals surface area contributed by atoms with E-state index in [1.54, 1.807) is 12.5 Å². The van der Waals surface area contributed by atoms with Crippen LogP contribution in [0.2, 0.25) is 0 Å². The molecule has 27 heavy (non-hydrogen) atoms. The molecule has 1 aromatic carbocycles. The standard InChI is InChI=1S/C20H19N7/c1-3-10-27(11-4-2)19-17-18(23-13-22-17)25-20(26-19)24-15-7-8-16-14(12-15)6-5-9-21-16/h3-9,12-13H,1-2,10-11H2,(H2,22,23,24,25,26). The molecule has 0 saturated carbocycles. The van der Waals surface area contributed by atoms with Crippen LogP contribution in [0.5, 0.6) is 0 Å². The van der Waals surface area contributed by atoms with Crippen LogP contribution in [-0.4, -0.2) is 38.0 Å². The van der Waals surface area contributed by atoms with Crippen molar-refractivity contribution in [2.24, 2.45) is 0 Å². The molecule has 0 amide bonds. The minimum Gasteiger partial charge on any atom is -0.347 e. The van der Waals surface area contributed by atoms with Crippen LogP contribution in [0.3, 0.4) is 0 Å². The van der Waals surface area contributed by atoms with Crippen LogP contribution in [-0.2, 0) is 0 Å². The van der Waals surface area contributed by atoms with Gasteiger partial charge in [0, 0.05) is 30.4 Å². The summed E-state index contributed by atoms with van der Waals surface area (Å²) in [5.41, 5.74) is 3.21. The molecule has 0 aliphatic rings. The molecule has 0 spiro atoms. The Hall–Kier alpha value is -3.74. The Balaban J connectivity index is 1.74. The fourth-order valence-corrected chi connectivity index (χ4v) is 2.94. The van der Waals surface area contributed by atoms with Gasteiger partial charge in [-0.05, 0) is 24.3 Å². The highest BCUT2D eigenvalue weighted by atomic mass is 15.2. The Kier molecular flexibility index (Phi) is 4.49. The van der Waals surface area contributed by atoms with Crippen molar-refractivity contribution in [2.45, 2.75) is 0 Å². The van der Waals surface area contributed by atoms with E-state index in [0.717, 1.165) is 22.4 Å². The van der Waals surface area contributed by atoms with Gasteiger partial charge in [-0.1, -0.05) is 18.2 Å². The summed E-state index contributed by atoms with van der Waals surface area (Å²) in [6.45, 7) is 8.91. The van der Waals surface area contributed by atoms with Crippen molar-refractivity contribution in [2.75, 3.05) is 23.3 Å². The van der Waals surface area contributed by atoms with Crippen molar-refractivity contribution in [3.8, 4) is 0 Å².